The third-order valence-electron chi connectivity index (χ3n) is 5.18. The lowest BCUT2D eigenvalue weighted by atomic mass is 9.97. The van der Waals surface area contributed by atoms with Crippen LogP contribution >= 0.6 is 22.7 Å². The predicted octanol–water partition coefficient (Wildman–Crippen LogP) is 3.80. The van der Waals surface area contributed by atoms with Crippen molar-refractivity contribution in [2.75, 3.05) is 5.32 Å². The van der Waals surface area contributed by atoms with Gasteiger partial charge in [-0.3, -0.25) is 19.5 Å². The number of hydrogen-bond acceptors (Lipinski definition) is 7. The summed E-state index contributed by atoms with van der Waals surface area (Å²) in [4.78, 5) is 33.2. The zero-order valence-corrected chi connectivity index (χ0v) is 18.0. The Morgan fingerprint density at radius 2 is 1.93 bits per heavy atom. The van der Waals surface area contributed by atoms with Crippen LogP contribution in [0, 0.1) is 6.92 Å². The highest BCUT2D eigenvalue weighted by molar-refractivity contribution is 7.18. The first-order chi connectivity index (χ1) is 14.6. The molecule has 1 N–H and O–H groups in total. The SMILES string of the molecule is Cc1nnc(NC(=O)Cn2c(-c3ccccc3)nc3sc4c(c3c2=O)CCCC4)s1. The fourth-order valence-electron chi connectivity index (χ4n) is 3.84. The largest absolute Gasteiger partial charge is 0.299 e. The Kier molecular flexibility index (Phi) is 4.92. The number of nitrogens with zero attached hydrogens (tertiary/aromatic N) is 4. The summed E-state index contributed by atoms with van der Waals surface area (Å²) in [6.07, 6.45) is 4.11. The van der Waals surface area contributed by atoms with Gasteiger partial charge in [0.2, 0.25) is 11.0 Å². The molecule has 1 amide bonds. The average molecular weight is 438 g/mol. The number of aromatic nitrogens is 4. The highest BCUT2D eigenvalue weighted by atomic mass is 32.1. The van der Waals surface area contributed by atoms with E-state index in [4.69, 9.17) is 4.98 Å². The first-order valence-corrected chi connectivity index (χ1v) is 11.4. The second kappa shape index (κ2) is 7.73. The molecule has 0 saturated heterocycles. The number of aryl methyl sites for hydroxylation is 3. The lowest BCUT2D eigenvalue weighted by Gasteiger charge is -2.13. The van der Waals surface area contributed by atoms with Gasteiger partial charge in [-0.1, -0.05) is 41.7 Å². The van der Waals surface area contributed by atoms with Crippen LogP contribution in [0.4, 0.5) is 5.13 Å². The number of hydrogen-bond donors (Lipinski definition) is 1. The Labute approximate surface area is 180 Å². The number of carbonyl (C=O) groups is 1. The van der Waals surface area contributed by atoms with Gasteiger partial charge in [0, 0.05) is 10.4 Å². The number of carbonyl (C=O) groups excluding carboxylic acids is 1. The number of benzene rings is 1. The minimum Gasteiger partial charge on any atom is -0.299 e. The summed E-state index contributed by atoms with van der Waals surface area (Å²) in [5.74, 6) is 0.186. The van der Waals surface area contributed by atoms with Crippen LogP contribution in [-0.4, -0.2) is 25.7 Å². The summed E-state index contributed by atoms with van der Waals surface area (Å²) in [5, 5.41) is 12.5. The maximum Gasteiger partial charge on any atom is 0.263 e. The van der Waals surface area contributed by atoms with Crippen molar-refractivity contribution in [3.63, 3.8) is 0 Å². The predicted molar refractivity (Wildman–Crippen MR) is 119 cm³/mol. The van der Waals surface area contributed by atoms with Crippen molar-refractivity contribution in [1.29, 1.82) is 0 Å². The van der Waals surface area contributed by atoms with E-state index in [0.29, 0.717) is 16.3 Å². The van der Waals surface area contributed by atoms with Crippen molar-refractivity contribution in [1.82, 2.24) is 19.7 Å². The molecule has 152 valence electrons. The molecule has 0 spiro atoms. The molecular formula is C21H19N5O2S2. The van der Waals surface area contributed by atoms with Crippen LogP contribution in [-0.2, 0) is 24.2 Å². The summed E-state index contributed by atoms with van der Waals surface area (Å²) >= 11 is 2.91. The number of amides is 1. The molecule has 3 heterocycles. The van der Waals surface area contributed by atoms with Crippen LogP contribution in [0.25, 0.3) is 21.6 Å². The van der Waals surface area contributed by atoms with Crippen LogP contribution in [0.2, 0.25) is 0 Å². The molecule has 4 aromatic rings. The summed E-state index contributed by atoms with van der Waals surface area (Å²) < 4.78 is 1.49. The third kappa shape index (κ3) is 3.44. The third-order valence-corrected chi connectivity index (χ3v) is 7.12. The summed E-state index contributed by atoms with van der Waals surface area (Å²) in [6, 6.07) is 9.53. The van der Waals surface area contributed by atoms with E-state index >= 15 is 0 Å². The monoisotopic (exact) mass is 437 g/mol. The second-order valence-electron chi connectivity index (χ2n) is 7.26. The van der Waals surface area contributed by atoms with Crippen LogP contribution < -0.4 is 10.9 Å². The summed E-state index contributed by atoms with van der Waals surface area (Å²) in [7, 11) is 0. The van der Waals surface area contributed by atoms with E-state index in [9.17, 15) is 9.59 Å². The fraction of sp³-hybridized carbons (Fsp3) is 0.286. The van der Waals surface area contributed by atoms with E-state index < -0.39 is 0 Å². The van der Waals surface area contributed by atoms with E-state index in [1.54, 1.807) is 11.3 Å². The van der Waals surface area contributed by atoms with Gasteiger partial charge in [-0.25, -0.2) is 4.98 Å². The number of anilines is 1. The Balaban J connectivity index is 1.63. The Bertz CT molecular complexity index is 1310. The quantitative estimate of drug-likeness (QED) is 0.524. The van der Waals surface area contributed by atoms with Crippen molar-refractivity contribution >= 4 is 43.9 Å². The molecule has 5 rings (SSSR count). The van der Waals surface area contributed by atoms with Crippen LogP contribution in [0.5, 0.6) is 0 Å². The molecule has 1 aliphatic carbocycles. The normalized spacial score (nSPS) is 13.4. The molecule has 0 unspecified atom stereocenters. The number of thiophene rings is 1. The molecule has 1 aromatic carbocycles. The smallest absolute Gasteiger partial charge is 0.263 e. The van der Waals surface area contributed by atoms with Gasteiger partial charge in [-0.2, -0.15) is 0 Å². The van der Waals surface area contributed by atoms with Gasteiger partial charge in [0.1, 0.15) is 22.2 Å². The number of fused-ring (bicyclic) bond motifs is 3. The summed E-state index contributed by atoms with van der Waals surface area (Å²) in [6.45, 7) is 1.69. The average Bonchev–Trinajstić information content (AvgIpc) is 3.33. The Hall–Kier alpha value is -2.91. The summed E-state index contributed by atoms with van der Waals surface area (Å²) in [5.41, 5.74) is 1.77. The molecule has 0 atom stereocenters. The minimum absolute atomic E-state index is 0.130. The Morgan fingerprint density at radius 3 is 2.70 bits per heavy atom. The maximum atomic E-state index is 13.6. The van der Waals surface area contributed by atoms with Gasteiger partial charge >= 0.3 is 0 Å². The van der Waals surface area contributed by atoms with E-state index in [2.05, 4.69) is 15.5 Å². The first kappa shape index (κ1) is 19.1. The van der Waals surface area contributed by atoms with Crippen molar-refractivity contribution < 1.29 is 4.79 Å². The van der Waals surface area contributed by atoms with E-state index in [1.807, 2.05) is 37.3 Å². The zero-order chi connectivity index (χ0) is 20.7. The number of nitrogens with one attached hydrogen (secondary N) is 1. The molecular weight excluding hydrogens is 418 g/mol. The van der Waals surface area contributed by atoms with E-state index in [-0.39, 0.29) is 18.0 Å². The van der Waals surface area contributed by atoms with Gasteiger partial charge in [0.05, 0.1) is 5.39 Å². The van der Waals surface area contributed by atoms with Gasteiger partial charge in [-0.05, 0) is 38.2 Å². The molecule has 9 heteroatoms. The first-order valence-electron chi connectivity index (χ1n) is 9.80. The highest BCUT2D eigenvalue weighted by Gasteiger charge is 2.23. The molecule has 0 radical (unpaired) electrons. The molecule has 0 aliphatic heterocycles. The Morgan fingerprint density at radius 1 is 1.13 bits per heavy atom. The standard InChI is InChI=1S/C21H19N5O2S2/c1-12-24-25-21(29-12)22-16(27)11-26-18(13-7-3-2-4-8-13)23-19-17(20(26)28)14-9-5-6-10-15(14)30-19/h2-4,7-8H,5-6,9-11H2,1H3,(H,22,25,27). The van der Waals surface area contributed by atoms with E-state index in [0.717, 1.165) is 46.6 Å². The second-order valence-corrected chi connectivity index (χ2v) is 9.52. The van der Waals surface area contributed by atoms with Crippen molar-refractivity contribution in [3.8, 4) is 11.4 Å². The van der Waals surface area contributed by atoms with Crippen molar-refractivity contribution in [2.24, 2.45) is 0 Å². The molecule has 7 nitrogen and oxygen atoms in total. The lowest BCUT2D eigenvalue weighted by molar-refractivity contribution is -0.116. The van der Waals surface area contributed by atoms with Crippen LogP contribution in [0.1, 0.15) is 28.3 Å². The highest BCUT2D eigenvalue weighted by Crippen LogP contribution is 2.34. The van der Waals surface area contributed by atoms with Crippen molar-refractivity contribution in [2.45, 2.75) is 39.2 Å². The van der Waals surface area contributed by atoms with Crippen LogP contribution in [0.3, 0.4) is 0 Å². The topological polar surface area (TPSA) is 89.8 Å². The molecule has 30 heavy (non-hydrogen) atoms. The van der Waals surface area contributed by atoms with Gasteiger partial charge < -0.3 is 0 Å². The molecule has 0 fully saturated rings. The van der Waals surface area contributed by atoms with Crippen molar-refractivity contribution in [3.05, 3.63) is 56.1 Å². The van der Waals surface area contributed by atoms with Gasteiger partial charge in [0.15, 0.2) is 0 Å². The lowest BCUT2D eigenvalue weighted by Crippen LogP contribution is -2.30. The van der Waals surface area contributed by atoms with Crippen LogP contribution in [0.15, 0.2) is 35.1 Å². The van der Waals surface area contributed by atoms with Gasteiger partial charge in [-0.15, -0.1) is 21.5 Å². The van der Waals surface area contributed by atoms with E-state index in [1.165, 1.54) is 20.8 Å². The number of rotatable bonds is 4. The van der Waals surface area contributed by atoms with Gasteiger partial charge in [0.25, 0.3) is 5.56 Å². The molecule has 3 aromatic heterocycles. The fourth-order valence-corrected chi connectivity index (χ4v) is 5.70. The minimum atomic E-state index is -0.323. The molecule has 0 bridgehead atoms. The maximum absolute atomic E-state index is 13.6. The molecule has 0 saturated carbocycles. The molecule has 1 aliphatic rings. The zero-order valence-electron chi connectivity index (χ0n) is 16.3.